The summed E-state index contributed by atoms with van der Waals surface area (Å²) in [4.78, 5) is 0. The Hall–Kier alpha value is 0.310. The van der Waals surface area contributed by atoms with Crippen LogP contribution in [-0.4, -0.2) is 6.61 Å². The topological polar surface area (TPSA) is 9.23 Å². The van der Waals surface area contributed by atoms with Crippen molar-refractivity contribution in [1.29, 1.82) is 0 Å². The Kier molecular flexibility index (Phi) is 6.59. The summed E-state index contributed by atoms with van der Waals surface area (Å²) in [7, 11) is 0. The first-order chi connectivity index (χ1) is 3.41. The molecule has 0 saturated heterocycles. The second kappa shape index (κ2) is 6.31. The normalized spacial score (nSPS) is 9.43. The third-order valence-corrected chi connectivity index (χ3v) is 0.998. The molecular weight excluding hydrogens is 108 g/mol. The summed E-state index contributed by atoms with van der Waals surface area (Å²) in [6, 6.07) is 0. The van der Waals surface area contributed by atoms with Crippen molar-refractivity contribution in [2.24, 2.45) is 0 Å². The molecule has 0 saturated carbocycles. The van der Waals surface area contributed by atoms with Crippen molar-refractivity contribution >= 4 is 12.9 Å². The molecule has 0 aromatic rings. The van der Waals surface area contributed by atoms with Crippen LogP contribution in [0.3, 0.4) is 0 Å². The van der Waals surface area contributed by atoms with E-state index in [1.807, 2.05) is 0 Å². The van der Waals surface area contributed by atoms with Gasteiger partial charge in [-0.25, -0.2) is 0 Å². The van der Waals surface area contributed by atoms with Gasteiger partial charge in [-0.1, -0.05) is 19.8 Å². The maximum atomic E-state index is 4.43. The molecule has 43 valence electrons. The number of unbranched alkanes of at least 4 members (excludes halogenated alkanes) is 2. The zero-order chi connectivity index (χ0) is 5.54. The van der Waals surface area contributed by atoms with Gasteiger partial charge in [-0.05, 0) is 6.42 Å². The van der Waals surface area contributed by atoms with E-state index in [1.54, 1.807) is 0 Å². The molecule has 0 unspecified atom stereocenters. The fraction of sp³-hybridized carbons (Fsp3) is 1.00. The molecule has 1 nitrogen and oxygen atoms in total. The van der Waals surface area contributed by atoms with Gasteiger partial charge in [0.25, 0.3) is 0 Å². The smallest absolute Gasteiger partial charge is 0.0925 e. The summed E-state index contributed by atoms with van der Waals surface area (Å²) in [5, 5.41) is 0. The predicted molar refractivity (Wildman–Crippen MR) is 33.1 cm³/mol. The van der Waals surface area contributed by atoms with Crippen LogP contribution in [0.4, 0.5) is 0 Å². The molecule has 0 rings (SSSR count). The van der Waals surface area contributed by atoms with Crippen LogP contribution in [0.2, 0.25) is 0 Å². The molecule has 0 bridgehead atoms. The van der Waals surface area contributed by atoms with Crippen LogP contribution in [0.25, 0.3) is 0 Å². The number of hydrogen-bond donors (Lipinski definition) is 0. The van der Waals surface area contributed by atoms with Crippen molar-refractivity contribution in [2.75, 3.05) is 6.61 Å². The van der Waals surface area contributed by atoms with E-state index in [4.69, 9.17) is 0 Å². The molecule has 0 N–H and O–H groups in total. The van der Waals surface area contributed by atoms with Crippen molar-refractivity contribution in [3.63, 3.8) is 0 Å². The van der Waals surface area contributed by atoms with E-state index in [1.165, 1.54) is 12.8 Å². The molecule has 0 aliphatic rings. The maximum Gasteiger partial charge on any atom is 0.0925 e. The molecule has 0 heterocycles. The molecule has 0 atom stereocenters. The molecule has 0 aromatic carbocycles. The Morgan fingerprint density at radius 3 is 2.57 bits per heavy atom. The molecule has 0 aliphatic heterocycles. The summed E-state index contributed by atoms with van der Waals surface area (Å²) in [5.41, 5.74) is 0. The van der Waals surface area contributed by atoms with Crippen LogP contribution in [0.5, 0.6) is 0 Å². The summed E-state index contributed by atoms with van der Waals surface area (Å²) in [6.45, 7) is 2.90. The van der Waals surface area contributed by atoms with Gasteiger partial charge in [-0.3, -0.25) is 0 Å². The minimum atomic E-state index is 0.739. The first-order valence-corrected chi connectivity index (χ1v) is 3.00. The standard InChI is InChI=1S/C5H11OS/c1-2-3-4-5-6-7/h2-5H2,1H3. The lowest BCUT2D eigenvalue weighted by molar-refractivity contribution is 0.365. The summed E-state index contributed by atoms with van der Waals surface area (Å²) in [5.74, 6) is 0. The van der Waals surface area contributed by atoms with Gasteiger partial charge in [-0.15, -0.1) is 0 Å². The molecule has 0 spiro atoms. The highest BCUT2D eigenvalue weighted by Gasteiger charge is 1.81. The van der Waals surface area contributed by atoms with Crippen LogP contribution in [0.15, 0.2) is 0 Å². The van der Waals surface area contributed by atoms with Crippen molar-refractivity contribution < 1.29 is 4.18 Å². The highest BCUT2D eigenvalue weighted by molar-refractivity contribution is 7.75. The quantitative estimate of drug-likeness (QED) is 0.516. The second-order valence-corrected chi connectivity index (χ2v) is 1.76. The molecule has 7 heavy (non-hydrogen) atoms. The van der Waals surface area contributed by atoms with Crippen LogP contribution >= 0.6 is 12.9 Å². The fourth-order valence-corrected chi connectivity index (χ4v) is 0.529. The van der Waals surface area contributed by atoms with Gasteiger partial charge < -0.3 is 4.18 Å². The zero-order valence-corrected chi connectivity index (χ0v) is 5.46. The number of hydrogen-bond acceptors (Lipinski definition) is 1. The van der Waals surface area contributed by atoms with E-state index in [0.717, 1.165) is 13.0 Å². The third-order valence-electron chi connectivity index (χ3n) is 0.831. The van der Waals surface area contributed by atoms with Gasteiger partial charge in [0.15, 0.2) is 0 Å². The van der Waals surface area contributed by atoms with Crippen LogP contribution in [-0.2, 0) is 4.18 Å². The predicted octanol–water partition coefficient (Wildman–Crippen LogP) is 2.31. The Morgan fingerprint density at radius 1 is 1.43 bits per heavy atom. The summed E-state index contributed by atoms with van der Waals surface area (Å²) < 4.78 is 4.43. The van der Waals surface area contributed by atoms with E-state index >= 15 is 0 Å². The largest absolute Gasteiger partial charge is 0.303 e. The highest BCUT2D eigenvalue weighted by Crippen LogP contribution is 1.94. The molecule has 0 amide bonds. The lowest BCUT2D eigenvalue weighted by Gasteiger charge is -1.90. The van der Waals surface area contributed by atoms with Gasteiger partial charge in [0.2, 0.25) is 0 Å². The van der Waals surface area contributed by atoms with Crippen molar-refractivity contribution in [3.05, 3.63) is 0 Å². The molecule has 0 aliphatic carbocycles. The second-order valence-electron chi connectivity index (χ2n) is 1.53. The summed E-state index contributed by atoms with van der Waals surface area (Å²) in [6.07, 6.45) is 3.58. The van der Waals surface area contributed by atoms with Crippen LogP contribution in [0.1, 0.15) is 26.2 Å². The van der Waals surface area contributed by atoms with Crippen LogP contribution in [0, 0.1) is 0 Å². The van der Waals surface area contributed by atoms with Gasteiger partial charge in [0, 0.05) is 0 Å². The van der Waals surface area contributed by atoms with Crippen LogP contribution < -0.4 is 0 Å². The Labute approximate surface area is 50.7 Å². The first kappa shape index (κ1) is 7.31. The van der Waals surface area contributed by atoms with Gasteiger partial charge in [0.05, 0.1) is 19.5 Å². The highest BCUT2D eigenvalue weighted by atomic mass is 32.1. The minimum Gasteiger partial charge on any atom is -0.303 e. The van der Waals surface area contributed by atoms with E-state index in [0.29, 0.717) is 0 Å². The van der Waals surface area contributed by atoms with E-state index in [-0.39, 0.29) is 0 Å². The van der Waals surface area contributed by atoms with Gasteiger partial charge >= 0.3 is 0 Å². The Morgan fingerprint density at radius 2 is 2.14 bits per heavy atom. The van der Waals surface area contributed by atoms with Crippen molar-refractivity contribution in [2.45, 2.75) is 26.2 Å². The average Bonchev–Trinajstić information content (AvgIpc) is 1.69. The Balaban J connectivity index is 2.45. The Bertz CT molecular complexity index is 27.3. The first-order valence-electron chi connectivity index (χ1n) is 2.66. The monoisotopic (exact) mass is 119 g/mol. The molecule has 0 aromatic heterocycles. The van der Waals surface area contributed by atoms with Gasteiger partial charge in [-0.2, -0.15) is 0 Å². The van der Waals surface area contributed by atoms with Crippen molar-refractivity contribution in [3.8, 4) is 0 Å². The molecular formula is C5H11OS. The van der Waals surface area contributed by atoms with E-state index < -0.39 is 0 Å². The molecule has 2 heteroatoms. The van der Waals surface area contributed by atoms with Crippen molar-refractivity contribution in [1.82, 2.24) is 0 Å². The SMILES string of the molecule is CCCCCO[S]. The molecule has 1 radical (unpaired) electrons. The van der Waals surface area contributed by atoms with E-state index in [2.05, 4.69) is 24.0 Å². The van der Waals surface area contributed by atoms with Gasteiger partial charge in [0.1, 0.15) is 0 Å². The lowest BCUT2D eigenvalue weighted by atomic mass is 10.3. The third kappa shape index (κ3) is 6.31. The number of rotatable bonds is 4. The maximum absolute atomic E-state index is 4.43. The van der Waals surface area contributed by atoms with E-state index in [9.17, 15) is 0 Å². The zero-order valence-electron chi connectivity index (χ0n) is 4.64. The summed E-state index contributed by atoms with van der Waals surface area (Å²) >= 11 is 4.27. The minimum absolute atomic E-state index is 0.739. The fourth-order valence-electron chi connectivity index (χ4n) is 0.411. The average molecular weight is 119 g/mol. The lowest BCUT2D eigenvalue weighted by Crippen LogP contribution is -1.81. The molecule has 0 fully saturated rings.